The van der Waals surface area contributed by atoms with Gasteiger partial charge in [-0.05, 0) is 61.7 Å². The Hall–Kier alpha value is -3.34. The normalized spacial score (nSPS) is 17.5. The van der Waals surface area contributed by atoms with Gasteiger partial charge in [0.1, 0.15) is 0 Å². The van der Waals surface area contributed by atoms with E-state index in [1.807, 2.05) is 18.2 Å². The summed E-state index contributed by atoms with van der Waals surface area (Å²) in [5, 5.41) is 17.6. The minimum absolute atomic E-state index is 0.0134. The molecule has 2 aromatic heterocycles. The van der Waals surface area contributed by atoms with Crippen LogP contribution < -0.4 is 0 Å². The fourth-order valence-electron chi connectivity index (χ4n) is 6.50. The first kappa shape index (κ1) is 28.8. The number of hydrogen-bond donors (Lipinski definition) is 2. The van der Waals surface area contributed by atoms with E-state index in [1.165, 1.54) is 24.6 Å². The monoisotopic (exact) mass is 599 g/mol. The van der Waals surface area contributed by atoms with Gasteiger partial charge in [-0.2, -0.15) is 18.3 Å². The molecule has 1 amide bonds. The number of β-amino-alcohol motifs (C(OH)–C–C–N with tert-alkyl or cyclic N) is 1. The van der Waals surface area contributed by atoms with Crippen LogP contribution >= 0.6 is 11.6 Å². The minimum atomic E-state index is -4.55. The SMILES string of the molecule is CC(=O)N1CCc2c(c(-c3ccccc3C(F)(F)F)nn2CC(O)CN2CCC(c3c[nH]c4ccc(Cl)cc34)CC2)C1. The molecule has 0 spiro atoms. The summed E-state index contributed by atoms with van der Waals surface area (Å²) < 4.78 is 43.4. The molecule has 2 N–H and O–H groups in total. The predicted molar refractivity (Wildman–Crippen MR) is 155 cm³/mol. The molecule has 1 unspecified atom stereocenters. The molecule has 2 aliphatic heterocycles. The van der Waals surface area contributed by atoms with E-state index in [4.69, 9.17) is 11.6 Å². The molecule has 4 aromatic rings. The Balaban J connectivity index is 1.18. The van der Waals surface area contributed by atoms with Gasteiger partial charge in [0, 0.05) is 71.9 Å². The van der Waals surface area contributed by atoms with Crippen LogP contribution in [0.5, 0.6) is 0 Å². The second-order valence-corrected chi connectivity index (χ2v) is 11.8. The summed E-state index contributed by atoms with van der Waals surface area (Å²) in [6.07, 6.45) is -0.881. The molecule has 1 saturated heterocycles. The third kappa shape index (κ3) is 5.67. The molecule has 0 radical (unpaired) electrons. The smallest absolute Gasteiger partial charge is 0.390 e. The molecule has 0 bridgehead atoms. The second-order valence-electron chi connectivity index (χ2n) is 11.4. The zero-order chi connectivity index (χ0) is 29.6. The number of H-pyrrole nitrogens is 1. The molecule has 0 aliphatic carbocycles. The molecule has 1 atom stereocenters. The van der Waals surface area contributed by atoms with E-state index < -0.39 is 17.8 Å². The first-order valence-corrected chi connectivity index (χ1v) is 14.6. The van der Waals surface area contributed by atoms with Gasteiger partial charge in [-0.15, -0.1) is 0 Å². The fraction of sp³-hybridized carbons (Fsp3) is 0.419. The number of carbonyl (C=O) groups excluding carboxylic acids is 1. The van der Waals surface area contributed by atoms with Gasteiger partial charge < -0.3 is 19.9 Å². The Morgan fingerprint density at radius 2 is 1.90 bits per heavy atom. The number of aromatic nitrogens is 3. The van der Waals surface area contributed by atoms with E-state index in [-0.39, 0.29) is 30.3 Å². The van der Waals surface area contributed by atoms with E-state index >= 15 is 0 Å². The zero-order valence-electron chi connectivity index (χ0n) is 23.3. The van der Waals surface area contributed by atoms with Crippen molar-refractivity contribution < 1.29 is 23.1 Å². The summed E-state index contributed by atoms with van der Waals surface area (Å²) in [5.41, 5.74) is 3.16. The highest BCUT2D eigenvalue weighted by atomic mass is 35.5. The Bertz CT molecular complexity index is 1610. The average Bonchev–Trinajstić information content (AvgIpc) is 3.54. The number of alkyl halides is 3. The molecule has 222 valence electrons. The topological polar surface area (TPSA) is 77.4 Å². The van der Waals surface area contributed by atoms with Gasteiger partial charge in [-0.25, -0.2) is 0 Å². The molecule has 11 heteroatoms. The molecular weight excluding hydrogens is 567 g/mol. The van der Waals surface area contributed by atoms with Crippen molar-refractivity contribution in [2.75, 3.05) is 26.2 Å². The van der Waals surface area contributed by atoms with Crippen molar-refractivity contribution in [1.29, 1.82) is 0 Å². The summed E-state index contributed by atoms with van der Waals surface area (Å²) >= 11 is 6.24. The van der Waals surface area contributed by atoms with Gasteiger partial charge >= 0.3 is 6.18 Å². The number of aliphatic hydroxyl groups excluding tert-OH is 1. The maximum atomic E-state index is 13.9. The van der Waals surface area contributed by atoms with Crippen molar-refractivity contribution in [3.63, 3.8) is 0 Å². The van der Waals surface area contributed by atoms with Crippen molar-refractivity contribution in [3.05, 3.63) is 76.1 Å². The van der Waals surface area contributed by atoms with E-state index in [0.717, 1.165) is 48.6 Å². The van der Waals surface area contributed by atoms with Crippen molar-refractivity contribution in [2.45, 2.75) is 57.5 Å². The molecule has 7 nitrogen and oxygen atoms in total. The number of rotatable bonds is 6. The third-order valence-electron chi connectivity index (χ3n) is 8.62. The Labute approximate surface area is 246 Å². The Morgan fingerprint density at radius 1 is 1.14 bits per heavy atom. The van der Waals surface area contributed by atoms with Crippen LogP contribution in [-0.2, 0) is 30.5 Å². The largest absolute Gasteiger partial charge is 0.417 e. The van der Waals surface area contributed by atoms with Gasteiger partial charge in [0.15, 0.2) is 0 Å². The van der Waals surface area contributed by atoms with Gasteiger partial charge in [0.25, 0.3) is 0 Å². The van der Waals surface area contributed by atoms with Crippen molar-refractivity contribution in [1.82, 2.24) is 24.6 Å². The molecule has 42 heavy (non-hydrogen) atoms. The van der Waals surface area contributed by atoms with Crippen LogP contribution in [0, 0.1) is 0 Å². The highest BCUT2D eigenvalue weighted by Crippen LogP contribution is 2.40. The first-order chi connectivity index (χ1) is 20.1. The number of likely N-dealkylation sites (tertiary alicyclic amines) is 1. The lowest BCUT2D eigenvalue weighted by Gasteiger charge is -2.33. The molecule has 6 rings (SSSR count). The predicted octanol–water partition coefficient (Wildman–Crippen LogP) is 5.85. The van der Waals surface area contributed by atoms with Crippen LogP contribution in [-0.4, -0.2) is 67.9 Å². The van der Waals surface area contributed by atoms with Gasteiger partial charge in [-0.1, -0.05) is 29.8 Å². The number of carbonyl (C=O) groups is 1. The maximum Gasteiger partial charge on any atom is 0.417 e. The van der Waals surface area contributed by atoms with Gasteiger partial charge in [0.05, 0.1) is 23.9 Å². The lowest BCUT2D eigenvalue weighted by Crippen LogP contribution is -2.40. The van der Waals surface area contributed by atoms with E-state index in [0.29, 0.717) is 36.0 Å². The number of aromatic amines is 1. The number of piperidine rings is 1. The number of nitrogens with one attached hydrogen (secondary N) is 1. The minimum Gasteiger partial charge on any atom is -0.390 e. The van der Waals surface area contributed by atoms with E-state index in [9.17, 15) is 23.1 Å². The molecule has 2 aliphatic rings. The van der Waals surface area contributed by atoms with Crippen molar-refractivity contribution >= 4 is 28.4 Å². The van der Waals surface area contributed by atoms with Gasteiger partial charge in [-0.3, -0.25) is 9.48 Å². The first-order valence-electron chi connectivity index (χ1n) is 14.3. The average molecular weight is 600 g/mol. The fourth-order valence-corrected chi connectivity index (χ4v) is 6.67. The lowest BCUT2D eigenvalue weighted by molar-refractivity contribution is -0.137. The summed E-state index contributed by atoms with van der Waals surface area (Å²) in [6, 6.07) is 11.3. The van der Waals surface area contributed by atoms with Crippen LogP contribution in [0.3, 0.4) is 0 Å². The number of halogens is 4. The summed E-state index contributed by atoms with van der Waals surface area (Å²) in [4.78, 5) is 19.3. The van der Waals surface area contributed by atoms with Crippen LogP contribution in [0.25, 0.3) is 22.2 Å². The molecule has 0 saturated carbocycles. The number of benzene rings is 2. The van der Waals surface area contributed by atoms with Crippen LogP contribution in [0.1, 0.15) is 48.1 Å². The summed E-state index contributed by atoms with van der Waals surface area (Å²) in [6.45, 7) is 4.35. The van der Waals surface area contributed by atoms with Crippen LogP contribution in [0.2, 0.25) is 5.02 Å². The number of fused-ring (bicyclic) bond motifs is 2. The number of aliphatic hydroxyl groups is 1. The molecule has 1 fully saturated rings. The molecular formula is C31H33ClF3N5O2. The van der Waals surface area contributed by atoms with Crippen LogP contribution in [0.15, 0.2) is 48.7 Å². The van der Waals surface area contributed by atoms with Crippen molar-refractivity contribution in [3.8, 4) is 11.3 Å². The van der Waals surface area contributed by atoms with E-state index in [2.05, 4.69) is 21.2 Å². The second kappa shape index (κ2) is 11.4. The lowest BCUT2D eigenvalue weighted by atomic mass is 9.89. The standard InChI is InChI=1S/C31H33ClF3N5O2/c1-19(41)39-13-10-29-26(18-39)30(23-4-2-3-5-27(23)31(33,34)35)37-40(29)17-22(42)16-38-11-8-20(9-12-38)25-15-36-28-7-6-21(32)14-24(25)28/h2-7,14-15,20,22,36,42H,8-13,16-18H2,1H3. The third-order valence-corrected chi connectivity index (χ3v) is 8.86. The number of nitrogens with zero attached hydrogens (tertiary/aromatic N) is 4. The number of hydrogen-bond acceptors (Lipinski definition) is 4. The maximum absolute atomic E-state index is 13.9. The van der Waals surface area contributed by atoms with Crippen LogP contribution in [0.4, 0.5) is 13.2 Å². The molecule has 4 heterocycles. The highest BCUT2D eigenvalue weighted by Gasteiger charge is 2.36. The summed E-state index contributed by atoms with van der Waals surface area (Å²) in [5.74, 6) is 0.256. The number of amides is 1. The molecule has 2 aromatic carbocycles. The quantitative estimate of drug-likeness (QED) is 0.292. The zero-order valence-corrected chi connectivity index (χ0v) is 24.0. The summed E-state index contributed by atoms with van der Waals surface area (Å²) in [7, 11) is 0. The van der Waals surface area contributed by atoms with E-state index in [1.54, 1.807) is 15.6 Å². The Morgan fingerprint density at radius 3 is 2.64 bits per heavy atom. The Kier molecular flexibility index (Phi) is 7.80. The highest BCUT2D eigenvalue weighted by molar-refractivity contribution is 6.31. The van der Waals surface area contributed by atoms with Crippen molar-refractivity contribution in [2.24, 2.45) is 0 Å². The van der Waals surface area contributed by atoms with Gasteiger partial charge in [0.2, 0.25) is 5.91 Å².